The Bertz CT molecular complexity index is 755. The van der Waals surface area contributed by atoms with Crippen molar-refractivity contribution in [1.82, 2.24) is 15.5 Å². The van der Waals surface area contributed by atoms with E-state index in [2.05, 4.69) is 20.2 Å². The first kappa shape index (κ1) is 18.7. The van der Waals surface area contributed by atoms with E-state index in [1.807, 2.05) is 12.1 Å². The Hall–Kier alpha value is -1.64. The third-order valence-corrected chi connectivity index (χ3v) is 4.40. The first-order valence-electron chi connectivity index (χ1n) is 7.59. The highest BCUT2D eigenvalue weighted by molar-refractivity contribution is 7.92. The number of sulfonamides is 1. The summed E-state index contributed by atoms with van der Waals surface area (Å²) in [5, 5.41) is 7.36. The zero-order valence-corrected chi connectivity index (χ0v) is 15.0. The minimum absolute atomic E-state index is 0. The van der Waals surface area contributed by atoms with Gasteiger partial charge in [-0.1, -0.05) is 17.3 Å². The first-order valence-corrected chi connectivity index (χ1v) is 9.49. The van der Waals surface area contributed by atoms with Gasteiger partial charge in [0.1, 0.15) is 0 Å². The Balaban J connectivity index is 0.00000208. The highest BCUT2D eigenvalue weighted by Crippen LogP contribution is 2.24. The van der Waals surface area contributed by atoms with Crippen LogP contribution in [-0.4, -0.2) is 37.9 Å². The molecule has 0 atom stereocenters. The van der Waals surface area contributed by atoms with Crippen LogP contribution in [0.2, 0.25) is 0 Å². The zero-order valence-electron chi connectivity index (χ0n) is 13.4. The van der Waals surface area contributed by atoms with Crippen LogP contribution in [-0.2, 0) is 16.4 Å². The Kier molecular flexibility index (Phi) is 6.20. The molecule has 0 saturated carbocycles. The lowest BCUT2D eigenvalue weighted by molar-refractivity contribution is 0.318. The second kappa shape index (κ2) is 7.96. The number of rotatable bonds is 5. The van der Waals surface area contributed by atoms with Gasteiger partial charge in [0.05, 0.1) is 6.26 Å². The van der Waals surface area contributed by atoms with Gasteiger partial charge in [0, 0.05) is 18.0 Å². The number of benzene rings is 1. The molecule has 1 aliphatic rings. The molecular weight excluding hydrogens is 352 g/mol. The van der Waals surface area contributed by atoms with E-state index in [1.165, 1.54) is 0 Å². The molecule has 7 nitrogen and oxygen atoms in total. The number of hydrogen-bond donors (Lipinski definition) is 2. The van der Waals surface area contributed by atoms with Gasteiger partial charge in [-0.25, -0.2) is 8.42 Å². The fourth-order valence-electron chi connectivity index (χ4n) is 2.66. The van der Waals surface area contributed by atoms with Crippen molar-refractivity contribution < 1.29 is 12.9 Å². The van der Waals surface area contributed by atoms with Crippen LogP contribution in [0, 0.1) is 0 Å². The van der Waals surface area contributed by atoms with Crippen molar-refractivity contribution in [1.29, 1.82) is 0 Å². The number of nitrogens with zero attached hydrogens (tertiary/aromatic N) is 2. The van der Waals surface area contributed by atoms with Gasteiger partial charge in [0.25, 0.3) is 0 Å². The molecular formula is C15H21ClN4O3S. The molecule has 0 unspecified atom stereocenters. The molecule has 0 bridgehead atoms. The van der Waals surface area contributed by atoms with Crippen molar-refractivity contribution in [3.8, 4) is 0 Å². The van der Waals surface area contributed by atoms with Crippen molar-refractivity contribution in [3.05, 3.63) is 41.5 Å². The summed E-state index contributed by atoms with van der Waals surface area (Å²) in [6.45, 7) is 1.97. The van der Waals surface area contributed by atoms with Gasteiger partial charge < -0.3 is 9.84 Å². The van der Waals surface area contributed by atoms with Gasteiger partial charge in [-0.05, 0) is 43.6 Å². The lowest BCUT2D eigenvalue weighted by Crippen LogP contribution is -2.26. The van der Waals surface area contributed by atoms with Crippen LogP contribution in [0.15, 0.2) is 28.8 Å². The van der Waals surface area contributed by atoms with Gasteiger partial charge in [0.2, 0.25) is 15.9 Å². The molecule has 1 aromatic heterocycles. The van der Waals surface area contributed by atoms with Crippen LogP contribution in [0.25, 0.3) is 0 Å². The van der Waals surface area contributed by atoms with Gasteiger partial charge in [-0.3, -0.25) is 4.72 Å². The molecule has 2 aromatic rings. The van der Waals surface area contributed by atoms with E-state index in [0.29, 0.717) is 23.9 Å². The molecule has 132 valence electrons. The fourth-order valence-corrected chi connectivity index (χ4v) is 3.23. The molecule has 1 saturated heterocycles. The molecule has 2 heterocycles. The zero-order chi connectivity index (χ0) is 16.3. The minimum Gasteiger partial charge on any atom is -0.339 e. The Morgan fingerprint density at radius 3 is 2.54 bits per heavy atom. The summed E-state index contributed by atoms with van der Waals surface area (Å²) in [4.78, 5) is 4.49. The summed E-state index contributed by atoms with van der Waals surface area (Å²) in [5.41, 5.74) is 1.54. The first-order chi connectivity index (χ1) is 11.0. The van der Waals surface area contributed by atoms with Crippen LogP contribution >= 0.6 is 12.4 Å². The number of anilines is 1. The van der Waals surface area contributed by atoms with Crippen molar-refractivity contribution in [2.75, 3.05) is 24.1 Å². The molecule has 0 radical (unpaired) electrons. The quantitative estimate of drug-likeness (QED) is 0.832. The number of halogens is 1. The van der Waals surface area contributed by atoms with Gasteiger partial charge in [-0.15, -0.1) is 12.4 Å². The average Bonchev–Trinajstić information content (AvgIpc) is 2.97. The van der Waals surface area contributed by atoms with E-state index in [0.717, 1.165) is 43.6 Å². The monoisotopic (exact) mass is 372 g/mol. The lowest BCUT2D eigenvalue weighted by atomic mass is 9.98. The molecule has 1 fully saturated rings. The van der Waals surface area contributed by atoms with E-state index in [4.69, 9.17) is 4.52 Å². The maximum Gasteiger partial charge on any atom is 0.229 e. The second-order valence-corrected chi connectivity index (χ2v) is 7.57. The number of nitrogens with one attached hydrogen (secondary N) is 2. The van der Waals surface area contributed by atoms with Crippen LogP contribution in [0.5, 0.6) is 0 Å². The van der Waals surface area contributed by atoms with Gasteiger partial charge in [-0.2, -0.15) is 4.98 Å². The predicted molar refractivity (Wildman–Crippen MR) is 94.1 cm³/mol. The highest BCUT2D eigenvalue weighted by Gasteiger charge is 2.21. The Morgan fingerprint density at radius 2 is 1.92 bits per heavy atom. The van der Waals surface area contributed by atoms with E-state index < -0.39 is 10.0 Å². The summed E-state index contributed by atoms with van der Waals surface area (Å²) in [6, 6.07) is 7.16. The maximum absolute atomic E-state index is 11.2. The van der Waals surface area contributed by atoms with E-state index in [9.17, 15) is 8.42 Å². The van der Waals surface area contributed by atoms with Crippen LogP contribution in [0.4, 0.5) is 5.69 Å². The Labute approximate surface area is 147 Å². The lowest BCUT2D eigenvalue weighted by Gasteiger charge is -2.18. The molecule has 0 spiro atoms. The molecule has 2 N–H and O–H groups in total. The van der Waals surface area contributed by atoms with E-state index in [1.54, 1.807) is 12.1 Å². The molecule has 1 aromatic carbocycles. The van der Waals surface area contributed by atoms with Crippen molar-refractivity contribution >= 4 is 28.1 Å². The summed E-state index contributed by atoms with van der Waals surface area (Å²) < 4.78 is 30.2. The van der Waals surface area contributed by atoms with E-state index in [-0.39, 0.29) is 12.4 Å². The van der Waals surface area contributed by atoms with Crippen molar-refractivity contribution in [3.63, 3.8) is 0 Å². The molecule has 9 heteroatoms. The normalized spacial score (nSPS) is 15.7. The van der Waals surface area contributed by atoms with Gasteiger partial charge in [0.15, 0.2) is 5.82 Å². The summed E-state index contributed by atoms with van der Waals surface area (Å²) in [6.07, 6.45) is 3.73. The average molecular weight is 373 g/mol. The maximum atomic E-state index is 11.2. The SMILES string of the molecule is CS(=O)(=O)Nc1ccc(Cc2noc(C3CCNCC3)n2)cc1.Cl. The molecule has 24 heavy (non-hydrogen) atoms. The molecule has 1 aliphatic heterocycles. The number of aromatic nitrogens is 2. The number of hydrogen-bond acceptors (Lipinski definition) is 6. The smallest absolute Gasteiger partial charge is 0.229 e. The van der Waals surface area contributed by atoms with E-state index >= 15 is 0 Å². The highest BCUT2D eigenvalue weighted by atomic mass is 35.5. The summed E-state index contributed by atoms with van der Waals surface area (Å²) >= 11 is 0. The third-order valence-electron chi connectivity index (χ3n) is 3.79. The largest absolute Gasteiger partial charge is 0.339 e. The topological polar surface area (TPSA) is 97.1 Å². The second-order valence-electron chi connectivity index (χ2n) is 5.82. The fraction of sp³-hybridized carbons (Fsp3) is 0.467. The third kappa shape index (κ3) is 5.19. The van der Waals surface area contributed by atoms with Gasteiger partial charge >= 0.3 is 0 Å². The van der Waals surface area contributed by atoms with Crippen LogP contribution < -0.4 is 10.0 Å². The summed E-state index contributed by atoms with van der Waals surface area (Å²) in [7, 11) is -3.25. The van der Waals surface area contributed by atoms with Crippen LogP contribution in [0.1, 0.15) is 36.0 Å². The van der Waals surface area contributed by atoms with Crippen molar-refractivity contribution in [2.45, 2.75) is 25.2 Å². The molecule has 0 aliphatic carbocycles. The minimum atomic E-state index is -3.25. The predicted octanol–water partition coefficient (Wildman–Crippen LogP) is 1.92. The Morgan fingerprint density at radius 1 is 1.25 bits per heavy atom. The molecule has 0 amide bonds. The van der Waals surface area contributed by atoms with Crippen LogP contribution in [0.3, 0.4) is 0 Å². The molecule has 3 rings (SSSR count). The van der Waals surface area contributed by atoms with Crippen molar-refractivity contribution in [2.24, 2.45) is 0 Å². The standard InChI is InChI=1S/C15H20N4O3S.ClH/c1-23(20,21)19-13-4-2-11(3-5-13)10-14-17-15(22-18-14)12-6-8-16-9-7-12;/h2-5,12,16,19H,6-10H2,1H3;1H. The number of piperidine rings is 1. The summed E-state index contributed by atoms with van der Waals surface area (Å²) in [5.74, 6) is 1.72.